The molecule has 0 bridgehead atoms. The van der Waals surface area contributed by atoms with Crippen molar-refractivity contribution in [3.8, 4) is 22.5 Å². The minimum atomic E-state index is -0.566. The molecule has 3 N–H and O–H groups in total. The maximum atomic E-state index is 11.7. The lowest BCUT2D eigenvalue weighted by molar-refractivity contribution is 0.1000. The van der Waals surface area contributed by atoms with Crippen LogP contribution >= 0.6 is 0 Å². The van der Waals surface area contributed by atoms with Crippen molar-refractivity contribution in [2.24, 2.45) is 5.73 Å². The van der Waals surface area contributed by atoms with Gasteiger partial charge in [0.15, 0.2) is 0 Å². The molecule has 0 spiro atoms. The number of benzene rings is 1. The first-order valence-electron chi connectivity index (χ1n) is 7.92. The number of nitrogens with two attached hydrogens (primary N) is 1. The molecule has 0 saturated heterocycles. The van der Waals surface area contributed by atoms with Crippen molar-refractivity contribution < 1.29 is 4.79 Å². The van der Waals surface area contributed by atoms with Crippen LogP contribution in [0.5, 0.6) is 0 Å². The molecule has 0 saturated carbocycles. The van der Waals surface area contributed by atoms with E-state index in [4.69, 9.17) is 5.73 Å². The highest BCUT2D eigenvalue weighted by atomic mass is 16.1. The Hall–Kier alpha value is -3.28. The molecule has 3 aromatic rings. The number of hydrogen-bond donors (Lipinski definition) is 2. The van der Waals surface area contributed by atoms with Crippen LogP contribution in [-0.4, -0.2) is 21.1 Å². The van der Waals surface area contributed by atoms with E-state index in [1.807, 2.05) is 44.2 Å². The van der Waals surface area contributed by atoms with Crippen LogP contribution < -0.4 is 11.3 Å². The van der Waals surface area contributed by atoms with Gasteiger partial charge in [-0.1, -0.05) is 44.2 Å². The van der Waals surface area contributed by atoms with Gasteiger partial charge in [-0.2, -0.15) is 5.10 Å². The normalized spacial score (nSPS) is 10.8. The Labute approximate surface area is 144 Å². The van der Waals surface area contributed by atoms with Gasteiger partial charge in [0.1, 0.15) is 0 Å². The van der Waals surface area contributed by atoms with E-state index in [9.17, 15) is 9.59 Å². The van der Waals surface area contributed by atoms with Gasteiger partial charge in [-0.25, -0.2) is 5.10 Å². The number of nitrogens with one attached hydrogen (secondary N) is 1. The lowest BCUT2D eigenvalue weighted by atomic mass is 9.94. The summed E-state index contributed by atoms with van der Waals surface area (Å²) < 4.78 is 0. The average Bonchev–Trinajstić information content (AvgIpc) is 2.61. The Morgan fingerprint density at radius 1 is 1.12 bits per heavy atom. The summed E-state index contributed by atoms with van der Waals surface area (Å²) in [5, 5.41) is 6.70. The first-order chi connectivity index (χ1) is 12.0. The number of aromatic nitrogens is 3. The highest BCUT2D eigenvalue weighted by molar-refractivity contribution is 5.95. The van der Waals surface area contributed by atoms with Crippen LogP contribution in [-0.2, 0) is 0 Å². The second kappa shape index (κ2) is 6.68. The summed E-state index contributed by atoms with van der Waals surface area (Å²) in [6, 6.07) is 12.8. The summed E-state index contributed by atoms with van der Waals surface area (Å²) >= 11 is 0. The molecule has 25 heavy (non-hydrogen) atoms. The summed E-state index contributed by atoms with van der Waals surface area (Å²) in [4.78, 5) is 27.7. The van der Waals surface area contributed by atoms with Gasteiger partial charge >= 0.3 is 0 Å². The molecular weight excluding hydrogens is 316 g/mol. The van der Waals surface area contributed by atoms with Gasteiger partial charge in [-0.15, -0.1) is 0 Å². The summed E-state index contributed by atoms with van der Waals surface area (Å²) in [6.07, 6.45) is 1.45. The van der Waals surface area contributed by atoms with Crippen LogP contribution in [0.15, 0.2) is 53.5 Å². The molecule has 0 aliphatic carbocycles. The fourth-order valence-electron chi connectivity index (χ4n) is 2.68. The molecule has 126 valence electrons. The number of primary amides is 1. The van der Waals surface area contributed by atoms with Gasteiger partial charge < -0.3 is 5.73 Å². The number of aromatic amines is 1. The number of hydrogen-bond acceptors (Lipinski definition) is 4. The first-order valence-corrected chi connectivity index (χ1v) is 7.92. The second-order valence-corrected chi connectivity index (χ2v) is 6.04. The van der Waals surface area contributed by atoms with Crippen LogP contribution in [0, 0.1) is 0 Å². The SMILES string of the molecule is CC(C)c1cc(=O)[nH]nc1-c1cc(C(N)=O)cnc1-c1ccccc1. The van der Waals surface area contributed by atoms with E-state index < -0.39 is 5.91 Å². The number of rotatable bonds is 4. The number of nitrogens with zero attached hydrogens (tertiary/aromatic N) is 2. The Bertz CT molecular complexity index is 978. The molecule has 2 heterocycles. The van der Waals surface area contributed by atoms with Crippen LogP contribution in [0.1, 0.15) is 35.7 Å². The first kappa shape index (κ1) is 16.6. The molecule has 0 aliphatic heterocycles. The third-order valence-electron chi connectivity index (χ3n) is 3.93. The Morgan fingerprint density at radius 3 is 2.48 bits per heavy atom. The van der Waals surface area contributed by atoms with Gasteiger partial charge in [0, 0.05) is 23.4 Å². The van der Waals surface area contributed by atoms with Crippen molar-refractivity contribution in [1.29, 1.82) is 0 Å². The summed E-state index contributed by atoms with van der Waals surface area (Å²) in [5.74, 6) is -0.491. The van der Waals surface area contributed by atoms with Crippen molar-refractivity contribution in [2.75, 3.05) is 0 Å². The smallest absolute Gasteiger partial charge is 0.264 e. The number of amides is 1. The van der Waals surface area contributed by atoms with E-state index in [-0.39, 0.29) is 17.0 Å². The van der Waals surface area contributed by atoms with Gasteiger partial charge in [0.25, 0.3) is 5.56 Å². The van der Waals surface area contributed by atoms with Crippen molar-refractivity contribution >= 4 is 5.91 Å². The van der Waals surface area contributed by atoms with Gasteiger partial charge in [0.05, 0.1) is 17.0 Å². The van der Waals surface area contributed by atoms with Crippen molar-refractivity contribution in [3.05, 3.63) is 70.1 Å². The average molecular weight is 334 g/mol. The minimum Gasteiger partial charge on any atom is -0.366 e. The zero-order valence-corrected chi connectivity index (χ0v) is 14.0. The predicted molar refractivity (Wildman–Crippen MR) is 96.1 cm³/mol. The second-order valence-electron chi connectivity index (χ2n) is 6.04. The lowest BCUT2D eigenvalue weighted by Gasteiger charge is -2.14. The van der Waals surface area contributed by atoms with Gasteiger partial charge in [-0.05, 0) is 17.5 Å². The molecule has 6 nitrogen and oxygen atoms in total. The molecule has 1 amide bonds. The monoisotopic (exact) mass is 334 g/mol. The maximum Gasteiger partial charge on any atom is 0.264 e. The zero-order valence-electron chi connectivity index (χ0n) is 14.0. The summed E-state index contributed by atoms with van der Waals surface area (Å²) in [5.41, 5.74) is 9.02. The highest BCUT2D eigenvalue weighted by Crippen LogP contribution is 2.33. The standard InChI is InChI=1S/C19H18N4O2/c1-11(2)14-9-16(24)22-23-18(14)15-8-13(19(20)25)10-21-17(15)12-6-4-3-5-7-12/h3-11H,1-2H3,(H2,20,25)(H,22,24). The summed E-state index contributed by atoms with van der Waals surface area (Å²) in [6.45, 7) is 3.96. The molecule has 0 radical (unpaired) electrons. The molecule has 6 heteroatoms. The topological polar surface area (TPSA) is 102 Å². The van der Waals surface area contributed by atoms with E-state index in [2.05, 4.69) is 15.2 Å². The van der Waals surface area contributed by atoms with E-state index in [1.165, 1.54) is 12.3 Å². The van der Waals surface area contributed by atoms with Crippen LogP contribution in [0.3, 0.4) is 0 Å². The molecule has 2 aromatic heterocycles. The van der Waals surface area contributed by atoms with E-state index >= 15 is 0 Å². The fraction of sp³-hybridized carbons (Fsp3) is 0.158. The fourth-order valence-corrected chi connectivity index (χ4v) is 2.68. The predicted octanol–water partition coefficient (Wildman–Crippen LogP) is 2.72. The number of H-pyrrole nitrogens is 1. The van der Waals surface area contributed by atoms with E-state index in [1.54, 1.807) is 6.07 Å². The maximum absolute atomic E-state index is 11.7. The van der Waals surface area contributed by atoms with Gasteiger partial charge in [0.2, 0.25) is 5.91 Å². The van der Waals surface area contributed by atoms with Crippen molar-refractivity contribution in [2.45, 2.75) is 19.8 Å². The molecular formula is C19H18N4O2. The van der Waals surface area contributed by atoms with Crippen LogP contribution in [0.25, 0.3) is 22.5 Å². The third-order valence-corrected chi connectivity index (χ3v) is 3.93. The van der Waals surface area contributed by atoms with Crippen LogP contribution in [0.4, 0.5) is 0 Å². The quantitative estimate of drug-likeness (QED) is 0.766. The lowest BCUT2D eigenvalue weighted by Crippen LogP contribution is -2.14. The van der Waals surface area contributed by atoms with Crippen LogP contribution in [0.2, 0.25) is 0 Å². The van der Waals surface area contributed by atoms with Crippen molar-refractivity contribution in [3.63, 3.8) is 0 Å². The molecule has 0 unspecified atom stereocenters. The van der Waals surface area contributed by atoms with Crippen molar-refractivity contribution in [1.82, 2.24) is 15.2 Å². The van der Waals surface area contributed by atoms with E-state index in [0.717, 1.165) is 11.1 Å². The third kappa shape index (κ3) is 3.33. The Balaban J connectivity index is 2.32. The largest absolute Gasteiger partial charge is 0.366 e. The number of pyridine rings is 1. The highest BCUT2D eigenvalue weighted by Gasteiger charge is 2.18. The zero-order chi connectivity index (χ0) is 18.0. The molecule has 3 rings (SSSR count). The molecule has 0 fully saturated rings. The number of carbonyl (C=O) groups excluding carboxylic acids is 1. The molecule has 0 aliphatic rings. The number of carbonyl (C=O) groups is 1. The Morgan fingerprint density at radius 2 is 1.84 bits per heavy atom. The van der Waals surface area contributed by atoms with Gasteiger partial charge in [-0.3, -0.25) is 14.6 Å². The minimum absolute atomic E-state index is 0.0747. The van der Waals surface area contributed by atoms with E-state index in [0.29, 0.717) is 17.0 Å². The Kier molecular flexibility index (Phi) is 4.43. The molecule has 0 atom stereocenters. The summed E-state index contributed by atoms with van der Waals surface area (Å²) in [7, 11) is 0. The molecule has 1 aromatic carbocycles.